The van der Waals surface area contributed by atoms with Gasteiger partial charge < -0.3 is 9.47 Å². The number of hydrogen-bond acceptors (Lipinski definition) is 5. The molecule has 0 saturated heterocycles. The van der Waals surface area contributed by atoms with Gasteiger partial charge in [0.2, 0.25) is 10.0 Å². The SMILES string of the molecule is COc1ccccc1OCCNS(=O)(=O)c1cccc2cc(C)cnc12. The zero-order chi connectivity index (χ0) is 18.6. The Labute approximate surface area is 152 Å². The number of nitrogens with one attached hydrogen (secondary N) is 1. The Bertz CT molecular complexity index is 1020. The lowest BCUT2D eigenvalue weighted by Crippen LogP contribution is -2.28. The molecule has 1 N–H and O–H groups in total. The molecular weight excluding hydrogens is 352 g/mol. The Morgan fingerprint density at radius 3 is 2.62 bits per heavy atom. The molecule has 0 fully saturated rings. The summed E-state index contributed by atoms with van der Waals surface area (Å²) in [6.07, 6.45) is 1.66. The van der Waals surface area contributed by atoms with Gasteiger partial charge in [-0.3, -0.25) is 4.98 Å². The van der Waals surface area contributed by atoms with Crippen LogP contribution in [0.25, 0.3) is 10.9 Å². The number of methoxy groups -OCH3 is 1. The monoisotopic (exact) mass is 372 g/mol. The highest BCUT2D eigenvalue weighted by molar-refractivity contribution is 7.89. The molecule has 0 bridgehead atoms. The molecule has 7 heteroatoms. The van der Waals surface area contributed by atoms with Gasteiger partial charge in [0.25, 0.3) is 0 Å². The van der Waals surface area contributed by atoms with Gasteiger partial charge in [-0.1, -0.05) is 24.3 Å². The van der Waals surface area contributed by atoms with Gasteiger partial charge in [0.1, 0.15) is 11.5 Å². The van der Waals surface area contributed by atoms with Crippen LogP contribution in [-0.2, 0) is 10.0 Å². The molecule has 6 nitrogen and oxygen atoms in total. The predicted molar refractivity (Wildman–Crippen MR) is 100 cm³/mol. The summed E-state index contributed by atoms with van der Waals surface area (Å²) in [6, 6.07) is 14.2. The molecule has 3 rings (SSSR count). The van der Waals surface area contributed by atoms with Gasteiger partial charge in [0.15, 0.2) is 11.5 Å². The molecule has 2 aromatic carbocycles. The lowest BCUT2D eigenvalue weighted by Gasteiger charge is -2.12. The molecule has 3 aromatic rings. The summed E-state index contributed by atoms with van der Waals surface area (Å²) in [5.74, 6) is 1.17. The zero-order valence-corrected chi connectivity index (χ0v) is 15.4. The van der Waals surface area contributed by atoms with Crippen LogP contribution in [0.3, 0.4) is 0 Å². The summed E-state index contributed by atoms with van der Waals surface area (Å²) >= 11 is 0. The largest absolute Gasteiger partial charge is 0.493 e. The maximum Gasteiger partial charge on any atom is 0.242 e. The molecule has 1 aromatic heterocycles. The average molecular weight is 372 g/mol. The molecule has 0 radical (unpaired) electrons. The minimum absolute atomic E-state index is 0.128. The van der Waals surface area contributed by atoms with Crippen LogP contribution in [0.15, 0.2) is 59.6 Å². The number of pyridine rings is 1. The number of sulfonamides is 1. The third kappa shape index (κ3) is 3.95. The van der Waals surface area contributed by atoms with E-state index >= 15 is 0 Å². The van der Waals surface area contributed by atoms with Gasteiger partial charge in [-0.15, -0.1) is 0 Å². The fourth-order valence-corrected chi connectivity index (χ4v) is 3.80. The number of para-hydroxylation sites is 3. The van der Waals surface area contributed by atoms with Gasteiger partial charge >= 0.3 is 0 Å². The van der Waals surface area contributed by atoms with E-state index < -0.39 is 10.0 Å². The first-order chi connectivity index (χ1) is 12.5. The molecular formula is C19H20N2O4S. The number of nitrogens with zero attached hydrogens (tertiary/aromatic N) is 1. The molecule has 0 unspecified atom stereocenters. The number of rotatable bonds is 7. The molecule has 0 aliphatic heterocycles. The zero-order valence-electron chi connectivity index (χ0n) is 14.6. The van der Waals surface area contributed by atoms with Gasteiger partial charge in [-0.2, -0.15) is 0 Å². The third-order valence-electron chi connectivity index (χ3n) is 3.82. The van der Waals surface area contributed by atoms with Crippen molar-refractivity contribution >= 4 is 20.9 Å². The van der Waals surface area contributed by atoms with E-state index in [0.717, 1.165) is 10.9 Å². The molecule has 0 atom stereocenters. The van der Waals surface area contributed by atoms with Crippen LogP contribution in [-0.4, -0.2) is 33.7 Å². The van der Waals surface area contributed by atoms with Crippen molar-refractivity contribution in [3.8, 4) is 11.5 Å². The summed E-state index contributed by atoms with van der Waals surface area (Å²) in [5, 5.41) is 0.790. The topological polar surface area (TPSA) is 77.5 Å². The first-order valence-corrected chi connectivity index (χ1v) is 9.60. The highest BCUT2D eigenvalue weighted by atomic mass is 32.2. The van der Waals surface area contributed by atoms with Gasteiger partial charge in [0, 0.05) is 18.1 Å². The van der Waals surface area contributed by atoms with Crippen molar-refractivity contribution < 1.29 is 17.9 Å². The molecule has 0 aliphatic rings. The molecule has 0 saturated carbocycles. The summed E-state index contributed by atoms with van der Waals surface area (Å²) < 4.78 is 38.6. The smallest absolute Gasteiger partial charge is 0.242 e. The van der Waals surface area contributed by atoms with Crippen molar-refractivity contribution in [3.05, 3.63) is 60.3 Å². The standard InChI is InChI=1S/C19H20N2O4S/c1-14-12-15-6-5-9-18(19(15)20-13-14)26(22,23)21-10-11-25-17-8-4-3-7-16(17)24-2/h3-9,12-13,21H,10-11H2,1-2H3. The second kappa shape index (κ2) is 7.72. The van der Waals surface area contributed by atoms with Crippen molar-refractivity contribution in [2.45, 2.75) is 11.8 Å². The third-order valence-corrected chi connectivity index (χ3v) is 5.31. The Morgan fingerprint density at radius 1 is 1.08 bits per heavy atom. The Hall–Kier alpha value is -2.64. The lowest BCUT2D eigenvalue weighted by molar-refractivity contribution is 0.299. The first-order valence-electron chi connectivity index (χ1n) is 8.12. The van der Waals surface area contributed by atoms with Crippen molar-refractivity contribution in [1.82, 2.24) is 9.71 Å². The molecule has 0 spiro atoms. The molecule has 136 valence electrons. The molecule has 26 heavy (non-hydrogen) atoms. The summed E-state index contributed by atoms with van der Waals surface area (Å²) in [5.41, 5.74) is 1.43. The second-order valence-electron chi connectivity index (χ2n) is 5.74. The van der Waals surface area contributed by atoms with Crippen molar-refractivity contribution in [3.63, 3.8) is 0 Å². The quantitative estimate of drug-likeness (QED) is 0.645. The molecule has 0 aliphatic carbocycles. The van der Waals surface area contributed by atoms with Crippen LogP contribution >= 0.6 is 0 Å². The molecule has 0 amide bonds. The predicted octanol–water partition coefficient (Wildman–Crippen LogP) is 2.91. The number of fused-ring (bicyclic) bond motifs is 1. The fourth-order valence-electron chi connectivity index (χ4n) is 2.61. The van der Waals surface area contributed by atoms with E-state index in [1.165, 1.54) is 0 Å². The van der Waals surface area contributed by atoms with Crippen molar-refractivity contribution in [2.24, 2.45) is 0 Å². The second-order valence-corrected chi connectivity index (χ2v) is 7.47. The Morgan fingerprint density at radius 2 is 1.85 bits per heavy atom. The van der Waals surface area contributed by atoms with Gasteiger partial charge in [-0.25, -0.2) is 13.1 Å². The van der Waals surface area contributed by atoms with Crippen LogP contribution in [0.2, 0.25) is 0 Å². The maximum absolute atomic E-state index is 12.6. The van der Waals surface area contributed by atoms with Crippen molar-refractivity contribution in [2.75, 3.05) is 20.3 Å². The normalized spacial score (nSPS) is 11.5. The fraction of sp³-hybridized carbons (Fsp3) is 0.211. The van der Waals surface area contributed by atoms with Crippen LogP contribution in [0.1, 0.15) is 5.56 Å². The highest BCUT2D eigenvalue weighted by Gasteiger charge is 2.18. The average Bonchev–Trinajstić information content (AvgIpc) is 2.64. The van der Waals surface area contributed by atoms with E-state index in [1.807, 2.05) is 31.2 Å². The minimum atomic E-state index is -3.69. The maximum atomic E-state index is 12.6. The lowest BCUT2D eigenvalue weighted by atomic mass is 10.2. The van der Waals surface area contributed by atoms with Gasteiger partial charge in [0.05, 0.1) is 12.6 Å². The van der Waals surface area contributed by atoms with E-state index in [9.17, 15) is 8.42 Å². The number of aryl methyl sites for hydroxylation is 1. The van der Waals surface area contributed by atoms with E-state index in [2.05, 4.69) is 9.71 Å². The minimum Gasteiger partial charge on any atom is -0.493 e. The number of ether oxygens (including phenoxy) is 2. The van der Waals surface area contributed by atoms with Crippen LogP contribution < -0.4 is 14.2 Å². The summed E-state index contributed by atoms with van der Waals surface area (Å²) in [6.45, 7) is 2.22. The number of hydrogen-bond donors (Lipinski definition) is 1. The van der Waals surface area contributed by atoms with Crippen LogP contribution in [0, 0.1) is 6.92 Å². The van der Waals surface area contributed by atoms with Crippen LogP contribution in [0.5, 0.6) is 11.5 Å². The summed E-state index contributed by atoms with van der Waals surface area (Å²) in [4.78, 5) is 4.44. The molecule has 1 heterocycles. The van der Waals surface area contributed by atoms with Crippen molar-refractivity contribution in [1.29, 1.82) is 0 Å². The Balaban J connectivity index is 1.70. The van der Waals surface area contributed by atoms with E-state index in [1.54, 1.807) is 37.6 Å². The van der Waals surface area contributed by atoms with Crippen LogP contribution in [0.4, 0.5) is 0 Å². The summed E-state index contributed by atoms with van der Waals surface area (Å²) in [7, 11) is -2.14. The van der Waals surface area contributed by atoms with Gasteiger partial charge in [-0.05, 0) is 36.8 Å². The Kier molecular flexibility index (Phi) is 5.39. The van der Waals surface area contributed by atoms with E-state index in [0.29, 0.717) is 17.0 Å². The number of aromatic nitrogens is 1. The highest BCUT2D eigenvalue weighted by Crippen LogP contribution is 2.25. The van der Waals surface area contributed by atoms with E-state index in [-0.39, 0.29) is 18.0 Å². The van der Waals surface area contributed by atoms with E-state index in [4.69, 9.17) is 9.47 Å². The first kappa shape index (κ1) is 18.2. The number of benzene rings is 2.